The van der Waals surface area contributed by atoms with Crippen molar-refractivity contribution in [2.75, 3.05) is 19.8 Å². The third kappa shape index (κ3) is 34.2. The molecule has 0 aliphatic heterocycles. The molecule has 0 saturated carbocycles. The average Bonchev–Trinajstić information content (AvgIpc) is 2.75. The molecular weight excluding hydrogens is 392 g/mol. The van der Waals surface area contributed by atoms with Gasteiger partial charge in [0, 0.05) is 6.42 Å². The maximum atomic E-state index is 10.3. The standard InChI is InChI=1S/C18H36O2.C8H18O3/c1-2-3-4-5-6-7-8-9-10-11-12-13-14-15-16-17-18(19)20;1-2-3-4-8(10)7-11-6-5-9/h2-17H2,1H3,(H,19,20);8-10H,2-7H2,1H3. The van der Waals surface area contributed by atoms with Crippen molar-refractivity contribution in [3.8, 4) is 0 Å². The monoisotopic (exact) mass is 446 g/mol. The molecule has 0 spiro atoms. The number of rotatable bonds is 23. The molecule has 0 aliphatic carbocycles. The lowest BCUT2D eigenvalue weighted by Crippen LogP contribution is -2.16. The second-order valence-electron chi connectivity index (χ2n) is 8.69. The molecule has 0 bridgehead atoms. The van der Waals surface area contributed by atoms with Crippen LogP contribution >= 0.6 is 0 Å². The number of hydrogen-bond donors (Lipinski definition) is 3. The van der Waals surface area contributed by atoms with Crippen LogP contribution in [0.3, 0.4) is 0 Å². The van der Waals surface area contributed by atoms with Crippen LogP contribution in [-0.2, 0) is 9.53 Å². The van der Waals surface area contributed by atoms with Crippen LogP contribution in [0.15, 0.2) is 0 Å². The smallest absolute Gasteiger partial charge is 0.303 e. The van der Waals surface area contributed by atoms with Crippen LogP contribution in [0.4, 0.5) is 0 Å². The molecule has 3 N–H and O–H groups in total. The molecule has 31 heavy (non-hydrogen) atoms. The van der Waals surface area contributed by atoms with Crippen LogP contribution in [-0.4, -0.2) is 47.2 Å². The third-order valence-corrected chi connectivity index (χ3v) is 5.43. The summed E-state index contributed by atoms with van der Waals surface area (Å²) in [6, 6.07) is 0. The van der Waals surface area contributed by atoms with E-state index in [1.807, 2.05) is 0 Å². The van der Waals surface area contributed by atoms with Gasteiger partial charge in [-0.3, -0.25) is 4.79 Å². The highest BCUT2D eigenvalue weighted by Crippen LogP contribution is 2.13. The predicted octanol–water partition coefficient (Wildman–Crippen LogP) is 6.88. The molecule has 0 saturated heterocycles. The van der Waals surface area contributed by atoms with Gasteiger partial charge in [0.1, 0.15) is 0 Å². The minimum Gasteiger partial charge on any atom is -0.481 e. The van der Waals surface area contributed by atoms with Gasteiger partial charge < -0.3 is 20.1 Å². The molecule has 0 fully saturated rings. The highest BCUT2D eigenvalue weighted by Gasteiger charge is 2.02. The van der Waals surface area contributed by atoms with Gasteiger partial charge in [0.25, 0.3) is 0 Å². The van der Waals surface area contributed by atoms with E-state index < -0.39 is 5.97 Å². The zero-order valence-corrected chi connectivity index (χ0v) is 20.8. The minimum absolute atomic E-state index is 0.0283. The first kappa shape index (κ1) is 32.5. The van der Waals surface area contributed by atoms with Crippen LogP contribution < -0.4 is 0 Å². The second kappa shape index (κ2) is 29.4. The molecule has 1 atom stereocenters. The fraction of sp³-hybridized carbons (Fsp3) is 0.962. The van der Waals surface area contributed by atoms with Crippen molar-refractivity contribution in [3.05, 3.63) is 0 Å². The molecule has 0 aliphatic rings. The number of carboxylic acid groups (broad SMARTS) is 1. The summed E-state index contributed by atoms with van der Waals surface area (Å²) in [6.07, 6.45) is 22.8. The number of unbranched alkanes of at least 4 members (excludes halogenated alkanes) is 15. The summed E-state index contributed by atoms with van der Waals surface area (Å²) >= 11 is 0. The number of carbonyl (C=O) groups is 1. The number of aliphatic carboxylic acids is 1. The number of hydrogen-bond acceptors (Lipinski definition) is 4. The molecule has 1 unspecified atom stereocenters. The quantitative estimate of drug-likeness (QED) is 0.149. The molecule has 0 amide bonds. The van der Waals surface area contributed by atoms with Crippen LogP contribution in [0.5, 0.6) is 0 Å². The van der Waals surface area contributed by atoms with Gasteiger partial charge in [0.05, 0.1) is 25.9 Å². The van der Waals surface area contributed by atoms with Crippen molar-refractivity contribution >= 4 is 5.97 Å². The molecule has 0 aromatic heterocycles. The van der Waals surface area contributed by atoms with Crippen molar-refractivity contribution in [2.45, 2.75) is 142 Å². The maximum absolute atomic E-state index is 10.3. The Morgan fingerprint density at radius 3 is 1.52 bits per heavy atom. The second-order valence-corrected chi connectivity index (χ2v) is 8.69. The van der Waals surface area contributed by atoms with Gasteiger partial charge in [-0.05, 0) is 12.8 Å². The summed E-state index contributed by atoms with van der Waals surface area (Å²) in [6.45, 7) is 5.05. The van der Waals surface area contributed by atoms with Gasteiger partial charge in [-0.15, -0.1) is 0 Å². The molecule has 0 rings (SSSR count). The van der Waals surface area contributed by atoms with Crippen LogP contribution in [0.25, 0.3) is 0 Å². The first-order chi connectivity index (χ1) is 15.1. The lowest BCUT2D eigenvalue weighted by atomic mass is 10.0. The van der Waals surface area contributed by atoms with Gasteiger partial charge >= 0.3 is 5.97 Å². The van der Waals surface area contributed by atoms with Crippen LogP contribution in [0.1, 0.15) is 136 Å². The summed E-state index contributed by atoms with van der Waals surface area (Å²) in [7, 11) is 0. The molecule has 0 aromatic rings. The normalized spacial score (nSPS) is 11.7. The lowest BCUT2D eigenvalue weighted by molar-refractivity contribution is -0.137. The average molecular weight is 447 g/mol. The summed E-state index contributed by atoms with van der Waals surface area (Å²) in [5.74, 6) is -0.653. The number of ether oxygens (including phenoxy) is 1. The van der Waals surface area contributed by atoms with Gasteiger partial charge in [-0.2, -0.15) is 0 Å². The highest BCUT2D eigenvalue weighted by molar-refractivity contribution is 5.66. The fourth-order valence-electron chi connectivity index (χ4n) is 3.45. The van der Waals surface area contributed by atoms with Crippen molar-refractivity contribution in [2.24, 2.45) is 0 Å². The highest BCUT2D eigenvalue weighted by atomic mass is 16.5. The van der Waals surface area contributed by atoms with Crippen molar-refractivity contribution in [3.63, 3.8) is 0 Å². The Morgan fingerprint density at radius 1 is 0.710 bits per heavy atom. The van der Waals surface area contributed by atoms with E-state index in [0.717, 1.165) is 32.1 Å². The summed E-state index contributed by atoms with van der Waals surface area (Å²) in [5.41, 5.74) is 0. The van der Waals surface area contributed by atoms with Crippen LogP contribution in [0, 0.1) is 0 Å². The molecular formula is C26H54O5. The molecule has 5 nitrogen and oxygen atoms in total. The van der Waals surface area contributed by atoms with Gasteiger partial charge in [-0.25, -0.2) is 0 Å². The Balaban J connectivity index is 0. The van der Waals surface area contributed by atoms with Gasteiger partial charge in [0.2, 0.25) is 0 Å². The summed E-state index contributed by atoms with van der Waals surface area (Å²) in [5, 5.41) is 26.1. The predicted molar refractivity (Wildman–Crippen MR) is 131 cm³/mol. The van der Waals surface area contributed by atoms with E-state index >= 15 is 0 Å². The Bertz CT molecular complexity index is 336. The zero-order chi connectivity index (χ0) is 23.4. The van der Waals surface area contributed by atoms with E-state index in [9.17, 15) is 9.90 Å². The summed E-state index contributed by atoms with van der Waals surface area (Å²) < 4.78 is 4.94. The molecule has 188 valence electrons. The van der Waals surface area contributed by atoms with Gasteiger partial charge in [-0.1, -0.05) is 117 Å². The Morgan fingerprint density at radius 2 is 1.13 bits per heavy atom. The largest absolute Gasteiger partial charge is 0.481 e. The SMILES string of the molecule is CCCCC(O)COCCO.CCCCCCCCCCCCCCCCCC(=O)O. The van der Waals surface area contributed by atoms with E-state index in [4.69, 9.17) is 14.9 Å². The maximum Gasteiger partial charge on any atom is 0.303 e. The van der Waals surface area contributed by atoms with E-state index in [0.29, 0.717) is 19.6 Å². The molecule has 0 aromatic carbocycles. The van der Waals surface area contributed by atoms with E-state index in [2.05, 4.69) is 13.8 Å². The fourth-order valence-corrected chi connectivity index (χ4v) is 3.45. The number of aliphatic hydroxyl groups is 2. The van der Waals surface area contributed by atoms with Crippen molar-refractivity contribution in [1.29, 1.82) is 0 Å². The first-order valence-corrected chi connectivity index (χ1v) is 13.2. The Labute approximate surface area is 193 Å². The summed E-state index contributed by atoms with van der Waals surface area (Å²) in [4.78, 5) is 10.3. The number of carboxylic acids is 1. The van der Waals surface area contributed by atoms with E-state index in [-0.39, 0.29) is 12.7 Å². The molecule has 0 heterocycles. The zero-order valence-electron chi connectivity index (χ0n) is 20.8. The van der Waals surface area contributed by atoms with E-state index in [1.165, 1.54) is 83.5 Å². The molecule has 5 heteroatoms. The Hall–Kier alpha value is -0.650. The Kier molecular flexibility index (Phi) is 30.8. The number of aliphatic hydroxyl groups excluding tert-OH is 2. The van der Waals surface area contributed by atoms with Crippen LogP contribution in [0.2, 0.25) is 0 Å². The minimum atomic E-state index is -0.653. The first-order valence-electron chi connectivity index (χ1n) is 13.2. The van der Waals surface area contributed by atoms with Gasteiger partial charge in [0.15, 0.2) is 0 Å². The van der Waals surface area contributed by atoms with Crippen molar-refractivity contribution in [1.82, 2.24) is 0 Å². The molecule has 0 radical (unpaired) electrons. The lowest BCUT2D eigenvalue weighted by Gasteiger charge is -2.09. The topological polar surface area (TPSA) is 87.0 Å². The van der Waals surface area contributed by atoms with Crippen molar-refractivity contribution < 1.29 is 24.9 Å². The third-order valence-electron chi connectivity index (χ3n) is 5.43. The van der Waals surface area contributed by atoms with E-state index in [1.54, 1.807) is 0 Å².